The maximum absolute atomic E-state index is 10.5. The zero-order valence-corrected chi connectivity index (χ0v) is 13.7. The molecule has 1 aromatic carbocycles. The van der Waals surface area contributed by atoms with Gasteiger partial charge in [0.1, 0.15) is 6.10 Å². The number of para-hydroxylation sites is 1. The Balaban J connectivity index is 1.72. The molecule has 22 heavy (non-hydrogen) atoms. The van der Waals surface area contributed by atoms with E-state index in [1.165, 1.54) is 17.0 Å². The highest BCUT2D eigenvalue weighted by Crippen LogP contribution is 2.36. The van der Waals surface area contributed by atoms with Crippen LogP contribution in [0.2, 0.25) is 0 Å². The van der Waals surface area contributed by atoms with Crippen molar-refractivity contribution in [1.29, 1.82) is 0 Å². The van der Waals surface area contributed by atoms with Crippen LogP contribution in [0.3, 0.4) is 0 Å². The molecule has 0 aromatic heterocycles. The third kappa shape index (κ3) is 3.09. The Bertz CT molecular complexity index is 550. The lowest BCUT2D eigenvalue weighted by molar-refractivity contribution is -0.450. The molecule has 0 radical (unpaired) electrons. The molecule has 1 N–H and O–H groups in total. The molecule has 2 atom stereocenters. The van der Waals surface area contributed by atoms with E-state index in [-0.39, 0.29) is 6.10 Å². The Morgan fingerprint density at radius 1 is 1.32 bits per heavy atom. The summed E-state index contributed by atoms with van der Waals surface area (Å²) in [7, 11) is 0. The summed E-state index contributed by atoms with van der Waals surface area (Å²) in [6.45, 7) is 9.25. The number of ether oxygens (including phenoxy) is 1. The molecule has 0 aliphatic carbocycles. The summed E-state index contributed by atoms with van der Waals surface area (Å²) in [5, 5.41) is 10.5. The summed E-state index contributed by atoms with van der Waals surface area (Å²) in [5.74, 6) is 0.492. The summed E-state index contributed by atoms with van der Waals surface area (Å²) in [4.78, 5) is 2.29. The lowest BCUT2D eigenvalue weighted by Gasteiger charge is -2.27. The predicted octanol–water partition coefficient (Wildman–Crippen LogP) is 1.99. The Kier molecular flexibility index (Phi) is 4.91. The largest absolute Gasteiger partial charge is 0.385 e. The van der Waals surface area contributed by atoms with Crippen LogP contribution in [0.5, 0.6) is 0 Å². The Hall–Kier alpha value is -1.23. The van der Waals surface area contributed by atoms with E-state index in [1.54, 1.807) is 0 Å². The van der Waals surface area contributed by atoms with Gasteiger partial charge >= 0.3 is 0 Å². The van der Waals surface area contributed by atoms with Gasteiger partial charge in [-0.25, -0.2) is 0 Å². The zero-order chi connectivity index (χ0) is 15.5. The molecule has 0 amide bonds. The number of benzene rings is 1. The van der Waals surface area contributed by atoms with Gasteiger partial charge < -0.3 is 9.84 Å². The van der Waals surface area contributed by atoms with E-state index in [1.807, 2.05) is 0 Å². The van der Waals surface area contributed by atoms with E-state index in [9.17, 15) is 5.11 Å². The second-order valence-electron chi connectivity index (χ2n) is 6.34. The minimum atomic E-state index is -0.336. The summed E-state index contributed by atoms with van der Waals surface area (Å²) < 4.78 is 7.68. The van der Waals surface area contributed by atoms with Gasteiger partial charge in [0.25, 0.3) is 0 Å². The van der Waals surface area contributed by atoms with Crippen LogP contribution in [0.4, 0.5) is 5.69 Å². The topological polar surface area (TPSA) is 35.7 Å². The fourth-order valence-corrected chi connectivity index (χ4v) is 3.74. The number of nitrogens with zero attached hydrogens (tertiary/aromatic N) is 2. The van der Waals surface area contributed by atoms with Gasteiger partial charge in [-0.2, -0.15) is 4.58 Å². The Morgan fingerprint density at radius 3 is 2.77 bits per heavy atom. The number of morpholine rings is 1. The van der Waals surface area contributed by atoms with Crippen molar-refractivity contribution in [2.24, 2.45) is 0 Å². The van der Waals surface area contributed by atoms with Crippen molar-refractivity contribution >= 4 is 11.4 Å². The van der Waals surface area contributed by atoms with Crippen LogP contribution in [-0.2, 0) is 4.74 Å². The number of hydrogen-bond donors (Lipinski definition) is 1. The standard InChI is InChI=1S/C18H27N2O2/c1-3-16-14(2)20(18-7-5-4-6-17(16)18)13-15(21)12-19-8-10-22-11-9-19/h4-7,15-16,21H,3,8-13H2,1-2H3/q+1. The zero-order valence-electron chi connectivity index (χ0n) is 13.7. The molecule has 2 heterocycles. The highest BCUT2D eigenvalue weighted by molar-refractivity contribution is 5.89. The quantitative estimate of drug-likeness (QED) is 0.845. The molecule has 1 saturated heterocycles. The first-order valence-electron chi connectivity index (χ1n) is 8.38. The molecular formula is C18H27N2O2+. The van der Waals surface area contributed by atoms with Gasteiger partial charge in [-0.1, -0.05) is 25.1 Å². The van der Waals surface area contributed by atoms with Gasteiger partial charge in [-0.15, -0.1) is 0 Å². The molecule has 120 valence electrons. The van der Waals surface area contributed by atoms with Crippen molar-refractivity contribution in [3.05, 3.63) is 29.8 Å². The normalized spacial score (nSPS) is 23.7. The number of aliphatic hydroxyl groups is 1. The predicted molar refractivity (Wildman–Crippen MR) is 88.2 cm³/mol. The van der Waals surface area contributed by atoms with Gasteiger partial charge in [0.2, 0.25) is 5.69 Å². The average molecular weight is 303 g/mol. The van der Waals surface area contributed by atoms with Crippen LogP contribution in [0.25, 0.3) is 0 Å². The van der Waals surface area contributed by atoms with Crippen molar-refractivity contribution < 1.29 is 14.4 Å². The molecule has 4 nitrogen and oxygen atoms in total. The van der Waals surface area contributed by atoms with Crippen molar-refractivity contribution in [3.63, 3.8) is 0 Å². The molecule has 4 heteroatoms. The average Bonchev–Trinajstić information content (AvgIpc) is 2.80. The fourth-order valence-electron chi connectivity index (χ4n) is 3.74. The third-order valence-corrected chi connectivity index (χ3v) is 4.91. The minimum absolute atomic E-state index is 0.336. The van der Waals surface area contributed by atoms with Crippen LogP contribution in [-0.4, -0.2) is 65.8 Å². The van der Waals surface area contributed by atoms with Crippen LogP contribution in [0.1, 0.15) is 31.7 Å². The SMILES string of the molecule is CCC1C(C)=[N+](CC(O)CN2CCOCC2)c2ccccc21. The van der Waals surface area contributed by atoms with E-state index in [2.05, 4.69) is 47.6 Å². The molecule has 3 rings (SSSR count). The lowest BCUT2D eigenvalue weighted by atomic mass is 9.94. The fraction of sp³-hybridized carbons (Fsp3) is 0.611. The van der Waals surface area contributed by atoms with E-state index < -0.39 is 0 Å². The molecule has 0 spiro atoms. The van der Waals surface area contributed by atoms with Gasteiger partial charge in [0.05, 0.1) is 19.1 Å². The first-order chi connectivity index (χ1) is 10.7. The highest BCUT2D eigenvalue weighted by atomic mass is 16.5. The summed E-state index contributed by atoms with van der Waals surface area (Å²) in [6.07, 6.45) is 0.774. The number of aliphatic hydroxyl groups excluding tert-OH is 1. The number of β-amino-alcohol motifs (C(OH)–C–C–N with tert-alkyl or cyclic N) is 1. The first kappa shape index (κ1) is 15.7. The lowest BCUT2D eigenvalue weighted by Crippen LogP contribution is -2.43. The summed E-state index contributed by atoms with van der Waals surface area (Å²) in [5.41, 5.74) is 4.04. The summed E-state index contributed by atoms with van der Waals surface area (Å²) >= 11 is 0. The smallest absolute Gasteiger partial charge is 0.209 e. The van der Waals surface area contributed by atoms with Crippen LogP contribution >= 0.6 is 0 Å². The molecule has 0 bridgehead atoms. The van der Waals surface area contributed by atoms with Gasteiger partial charge in [-0.05, 0) is 6.42 Å². The second-order valence-corrected chi connectivity index (χ2v) is 6.34. The van der Waals surface area contributed by atoms with E-state index in [4.69, 9.17) is 4.74 Å². The third-order valence-electron chi connectivity index (χ3n) is 4.91. The first-order valence-corrected chi connectivity index (χ1v) is 8.38. The molecule has 1 aromatic rings. The van der Waals surface area contributed by atoms with Crippen LogP contribution in [0.15, 0.2) is 24.3 Å². The van der Waals surface area contributed by atoms with E-state index >= 15 is 0 Å². The highest BCUT2D eigenvalue weighted by Gasteiger charge is 2.36. The van der Waals surface area contributed by atoms with Gasteiger partial charge in [0.15, 0.2) is 12.3 Å². The van der Waals surface area contributed by atoms with Crippen LogP contribution in [0, 0.1) is 0 Å². The Labute approximate surface area is 133 Å². The number of rotatable bonds is 5. The van der Waals surface area contributed by atoms with E-state index in [0.717, 1.165) is 39.3 Å². The minimum Gasteiger partial charge on any atom is -0.385 e. The van der Waals surface area contributed by atoms with Crippen molar-refractivity contribution in [2.45, 2.75) is 32.3 Å². The molecule has 2 aliphatic rings. The monoisotopic (exact) mass is 303 g/mol. The summed E-state index contributed by atoms with van der Waals surface area (Å²) in [6, 6.07) is 8.60. The molecule has 2 unspecified atom stereocenters. The van der Waals surface area contributed by atoms with Gasteiger partial charge in [0, 0.05) is 38.2 Å². The maximum Gasteiger partial charge on any atom is 0.209 e. The molecule has 1 fully saturated rings. The molecular weight excluding hydrogens is 276 g/mol. The van der Waals surface area contributed by atoms with E-state index in [0.29, 0.717) is 12.5 Å². The number of fused-ring (bicyclic) bond motifs is 1. The van der Waals surface area contributed by atoms with Gasteiger partial charge in [-0.3, -0.25) is 4.90 Å². The second kappa shape index (κ2) is 6.90. The van der Waals surface area contributed by atoms with Crippen molar-refractivity contribution in [3.8, 4) is 0 Å². The Morgan fingerprint density at radius 2 is 2.05 bits per heavy atom. The molecule has 2 aliphatic heterocycles. The van der Waals surface area contributed by atoms with Crippen molar-refractivity contribution in [1.82, 2.24) is 4.90 Å². The van der Waals surface area contributed by atoms with Crippen molar-refractivity contribution in [2.75, 3.05) is 39.4 Å². The number of hydrogen-bond acceptors (Lipinski definition) is 3. The van der Waals surface area contributed by atoms with Crippen LogP contribution < -0.4 is 0 Å². The maximum atomic E-state index is 10.5. The molecule has 0 saturated carbocycles.